The van der Waals surface area contributed by atoms with Gasteiger partial charge in [0.2, 0.25) is 17.6 Å². The maximum atomic E-state index is 11.3. The van der Waals surface area contributed by atoms with Crippen molar-refractivity contribution in [1.82, 2.24) is 20.4 Å². The molecule has 0 atom stereocenters. The number of hydrogen-bond acceptors (Lipinski definition) is 6. The fourth-order valence-corrected chi connectivity index (χ4v) is 1.47. The molecule has 1 amide bonds. The van der Waals surface area contributed by atoms with E-state index >= 15 is 0 Å². The Kier molecular flexibility index (Phi) is 4.57. The summed E-state index contributed by atoms with van der Waals surface area (Å²) in [7, 11) is 0. The van der Waals surface area contributed by atoms with Crippen molar-refractivity contribution in [3.05, 3.63) is 30.4 Å². The number of hydrogen-bond donors (Lipinski definition) is 2. The van der Waals surface area contributed by atoms with Crippen LogP contribution in [-0.4, -0.2) is 39.3 Å². The van der Waals surface area contributed by atoms with E-state index in [1.165, 1.54) is 0 Å². The summed E-state index contributed by atoms with van der Waals surface area (Å²) in [6.45, 7) is 0.182. The fourth-order valence-electron chi connectivity index (χ4n) is 1.47. The van der Waals surface area contributed by atoms with Crippen molar-refractivity contribution >= 4 is 5.91 Å². The van der Waals surface area contributed by atoms with Crippen molar-refractivity contribution in [2.24, 2.45) is 0 Å². The van der Waals surface area contributed by atoms with E-state index in [4.69, 9.17) is 9.63 Å². The lowest BCUT2D eigenvalue weighted by molar-refractivity contribution is -0.121. The first-order valence-electron chi connectivity index (χ1n) is 5.90. The summed E-state index contributed by atoms with van der Waals surface area (Å²) in [5.41, 5.74) is 0.766. The molecule has 2 rings (SSSR count). The molecule has 0 aliphatic rings. The molecule has 2 heterocycles. The van der Waals surface area contributed by atoms with Crippen LogP contribution in [0.4, 0.5) is 0 Å². The van der Waals surface area contributed by atoms with Gasteiger partial charge in [0.1, 0.15) is 0 Å². The second kappa shape index (κ2) is 6.60. The number of pyridine rings is 1. The molecule has 2 N–H and O–H groups in total. The van der Waals surface area contributed by atoms with Gasteiger partial charge in [0.05, 0.1) is 6.61 Å². The molecule has 0 fully saturated rings. The third-order valence-corrected chi connectivity index (χ3v) is 2.39. The minimum Gasteiger partial charge on any atom is -0.395 e. The minimum atomic E-state index is -0.157. The van der Waals surface area contributed by atoms with Crippen LogP contribution in [0.5, 0.6) is 0 Å². The highest BCUT2D eigenvalue weighted by atomic mass is 16.5. The first-order chi connectivity index (χ1) is 9.29. The molecular formula is C12H14N4O3. The third-order valence-electron chi connectivity index (χ3n) is 2.39. The predicted molar refractivity (Wildman–Crippen MR) is 65.9 cm³/mol. The molecule has 0 saturated heterocycles. The highest BCUT2D eigenvalue weighted by molar-refractivity contribution is 5.75. The average molecular weight is 262 g/mol. The van der Waals surface area contributed by atoms with E-state index in [9.17, 15) is 4.79 Å². The number of rotatable bonds is 6. The zero-order valence-corrected chi connectivity index (χ0v) is 10.2. The van der Waals surface area contributed by atoms with Crippen molar-refractivity contribution in [3.8, 4) is 11.4 Å². The van der Waals surface area contributed by atoms with Gasteiger partial charge in [-0.15, -0.1) is 0 Å². The first-order valence-corrected chi connectivity index (χ1v) is 5.90. The number of carbonyl (C=O) groups excluding carboxylic acids is 1. The van der Waals surface area contributed by atoms with Crippen molar-refractivity contribution in [2.45, 2.75) is 12.8 Å². The van der Waals surface area contributed by atoms with Gasteiger partial charge in [-0.3, -0.25) is 9.78 Å². The van der Waals surface area contributed by atoms with Gasteiger partial charge in [0.15, 0.2) is 0 Å². The Bertz CT molecular complexity index is 527. The summed E-state index contributed by atoms with van der Waals surface area (Å²) in [6, 6.07) is 3.61. The standard InChI is InChI=1S/C12H14N4O3/c17-7-6-14-10(18)3-4-11-15-12(16-19-11)9-2-1-5-13-8-9/h1-2,5,8,17H,3-4,6-7H2,(H,14,18). The van der Waals surface area contributed by atoms with Gasteiger partial charge < -0.3 is 14.9 Å². The van der Waals surface area contributed by atoms with Crippen LogP contribution in [0, 0.1) is 0 Å². The molecule has 100 valence electrons. The fraction of sp³-hybridized carbons (Fsp3) is 0.333. The van der Waals surface area contributed by atoms with Crippen molar-refractivity contribution in [3.63, 3.8) is 0 Å². The second-order valence-corrected chi connectivity index (χ2v) is 3.83. The third kappa shape index (κ3) is 3.85. The van der Waals surface area contributed by atoms with E-state index in [0.29, 0.717) is 18.1 Å². The number of aliphatic hydroxyl groups excluding tert-OH is 1. The van der Waals surface area contributed by atoms with E-state index < -0.39 is 0 Å². The van der Waals surface area contributed by atoms with Gasteiger partial charge in [-0.2, -0.15) is 4.98 Å². The molecular weight excluding hydrogens is 248 g/mol. The summed E-state index contributed by atoms with van der Waals surface area (Å²) in [4.78, 5) is 19.5. The number of aryl methyl sites for hydroxylation is 1. The van der Waals surface area contributed by atoms with Crippen LogP contribution in [0.1, 0.15) is 12.3 Å². The van der Waals surface area contributed by atoms with Crippen LogP contribution in [0.15, 0.2) is 29.0 Å². The van der Waals surface area contributed by atoms with Crippen LogP contribution < -0.4 is 5.32 Å². The summed E-state index contributed by atoms with van der Waals surface area (Å²) in [5.74, 6) is 0.701. The Morgan fingerprint density at radius 3 is 3.11 bits per heavy atom. The SMILES string of the molecule is O=C(CCc1nc(-c2cccnc2)no1)NCCO. The lowest BCUT2D eigenvalue weighted by Gasteiger charge is -1.99. The number of carbonyl (C=O) groups is 1. The van der Waals surface area contributed by atoms with Gasteiger partial charge in [-0.1, -0.05) is 5.16 Å². The predicted octanol–water partition coefficient (Wildman–Crippen LogP) is 0.173. The molecule has 7 heteroatoms. The molecule has 0 saturated carbocycles. The maximum Gasteiger partial charge on any atom is 0.227 e. The normalized spacial score (nSPS) is 10.4. The van der Waals surface area contributed by atoms with Crippen LogP contribution >= 0.6 is 0 Å². The van der Waals surface area contributed by atoms with Crippen LogP contribution in [0.2, 0.25) is 0 Å². The van der Waals surface area contributed by atoms with Crippen LogP contribution in [0.25, 0.3) is 11.4 Å². The van der Waals surface area contributed by atoms with E-state index in [0.717, 1.165) is 5.56 Å². The second-order valence-electron chi connectivity index (χ2n) is 3.83. The number of amides is 1. The zero-order chi connectivity index (χ0) is 13.5. The summed E-state index contributed by atoms with van der Waals surface area (Å²) in [5, 5.41) is 14.9. The molecule has 0 aromatic carbocycles. The number of nitrogens with one attached hydrogen (secondary N) is 1. The van der Waals surface area contributed by atoms with E-state index in [2.05, 4.69) is 20.4 Å². The molecule has 2 aromatic heterocycles. The molecule has 0 unspecified atom stereocenters. The molecule has 19 heavy (non-hydrogen) atoms. The van der Waals surface area contributed by atoms with Crippen molar-refractivity contribution in [1.29, 1.82) is 0 Å². The molecule has 7 nitrogen and oxygen atoms in total. The lowest BCUT2D eigenvalue weighted by Crippen LogP contribution is -2.26. The number of aromatic nitrogens is 3. The molecule has 0 spiro atoms. The minimum absolute atomic E-state index is 0.0720. The van der Waals surface area contributed by atoms with Gasteiger partial charge in [-0.05, 0) is 12.1 Å². The van der Waals surface area contributed by atoms with Crippen molar-refractivity contribution < 1.29 is 14.4 Å². The topological polar surface area (TPSA) is 101 Å². The average Bonchev–Trinajstić information content (AvgIpc) is 2.93. The van der Waals surface area contributed by atoms with E-state index in [1.54, 1.807) is 18.5 Å². The maximum absolute atomic E-state index is 11.3. The molecule has 0 aliphatic carbocycles. The van der Waals surface area contributed by atoms with Crippen LogP contribution in [-0.2, 0) is 11.2 Å². The lowest BCUT2D eigenvalue weighted by atomic mass is 10.2. The highest BCUT2D eigenvalue weighted by Gasteiger charge is 2.10. The Morgan fingerprint density at radius 2 is 2.37 bits per heavy atom. The Morgan fingerprint density at radius 1 is 1.47 bits per heavy atom. The monoisotopic (exact) mass is 262 g/mol. The van der Waals surface area contributed by atoms with Crippen molar-refractivity contribution in [2.75, 3.05) is 13.2 Å². The Labute approximate surface area is 109 Å². The number of aliphatic hydroxyl groups is 1. The van der Waals surface area contributed by atoms with Gasteiger partial charge in [0.25, 0.3) is 0 Å². The first kappa shape index (κ1) is 13.2. The summed E-state index contributed by atoms with van der Waals surface area (Å²) < 4.78 is 5.06. The quantitative estimate of drug-likeness (QED) is 0.769. The molecule has 0 radical (unpaired) electrons. The molecule has 2 aromatic rings. The zero-order valence-electron chi connectivity index (χ0n) is 10.2. The van der Waals surface area contributed by atoms with E-state index in [1.807, 2.05) is 6.07 Å². The summed E-state index contributed by atoms with van der Waals surface area (Å²) >= 11 is 0. The Hall–Kier alpha value is -2.28. The Balaban J connectivity index is 1.90. The smallest absolute Gasteiger partial charge is 0.227 e. The van der Waals surface area contributed by atoms with Gasteiger partial charge in [-0.25, -0.2) is 0 Å². The highest BCUT2D eigenvalue weighted by Crippen LogP contribution is 2.14. The largest absolute Gasteiger partial charge is 0.395 e. The molecule has 0 aliphatic heterocycles. The van der Waals surface area contributed by atoms with Gasteiger partial charge >= 0.3 is 0 Å². The van der Waals surface area contributed by atoms with Crippen LogP contribution in [0.3, 0.4) is 0 Å². The van der Waals surface area contributed by atoms with E-state index in [-0.39, 0.29) is 25.5 Å². The molecule has 0 bridgehead atoms. The van der Waals surface area contributed by atoms with Gasteiger partial charge in [0, 0.05) is 37.3 Å². The summed E-state index contributed by atoms with van der Waals surface area (Å²) in [6.07, 6.45) is 3.91. The number of nitrogens with zero attached hydrogens (tertiary/aromatic N) is 3.